The van der Waals surface area contributed by atoms with Gasteiger partial charge < -0.3 is 11.1 Å². The van der Waals surface area contributed by atoms with E-state index < -0.39 is 17.3 Å². The van der Waals surface area contributed by atoms with E-state index in [4.69, 9.17) is 5.73 Å². The van der Waals surface area contributed by atoms with Gasteiger partial charge in [0, 0.05) is 17.5 Å². The minimum atomic E-state index is -4.40. The molecule has 0 bridgehead atoms. The molecular weight excluding hydrogens is 434 g/mol. The minimum absolute atomic E-state index is 0. The van der Waals surface area contributed by atoms with Crippen LogP contribution in [0.1, 0.15) is 37.9 Å². The molecular formula is C18H24Cl2F3N3OS. The van der Waals surface area contributed by atoms with Gasteiger partial charge in [-0.3, -0.25) is 4.79 Å². The normalized spacial score (nSPS) is 11.4. The SMILES string of the molecule is CCC(CC)(CN)NC(=O)Cc1csc(-c2cccc(C(F)(F)F)c2)n1.Cl.Cl. The van der Waals surface area contributed by atoms with Gasteiger partial charge in [-0.25, -0.2) is 4.98 Å². The summed E-state index contributed by atoms with van der Waals surface area (Å²) in [5.41, 5.74) is 5.54. The molecule has 0 radical (unpaired) electrons. The molecule has 28 heavy (non-hydrogen) atoms. The van der Waals surface area contributed by atoms with Crippen molar-refractivity contribution in [1.29, 1.82) is 0 Å². The lowest BCUT2D eigenvalue weighted by Crippen LogP contribution is -2.53. The Kier molecular flexibility index (Phi) is 10.5. The Morgan fingerprint density at radius 3 is 2.39 bits per heavy atom. The first-order valence-electron chi connectivity index (χ1n) is 8.36. The van der Waals surface area contributed by atoms with E-state index in [9.17, 15) is 18.0 Å². The molecule has 0 aliphatic rings. The second-order valence-corrected chi connectivity index (χ2v) is 7.00. The zero-order valence-corrected chi connectivity index (χ0v) is 18.0. The molecule has 0 fully saturated rings. The van der Waals surface area contributed by atoms with Crippen molar-refractivity contribution in [2.24, 2.45) is 5.73 Å². The van der Waals surface area contributed by atoms with Gasteiger partial charge in [-0.15, -0.1) is 36.2 Å². The van der Waals surface area contributed by atoms with Crippen LogP contribution in [0.5, 0.6) is 0 Å². The van der Waals surface area contributed by atoms with Crippen molar-refractivity contribution in [3.8, 4) is 10.6 Å². The monoisotopic (exact) mass is 457 g/mol. The molecule has 2 aromatic rings. The van der Waals surface area contributed by atoms with E-state index in [-0.39, 0.29) is 37.1 Å². The summed E-state index contributed by atoms with van der Waals surface area (Å²) in [5, 5.41) is 5.10. The Morgan fingerprint density at radius 2 is 1.86 bits per heavy atom. The molecule has 2 rings (SSSR count). The van der Waals surface area contributed by atoms with Crippen molar-refractivity contribution in [2.45, 2.75) is 44.8 Å². The first-order valence-corrected chi connectivity index (χ1v) is 9.24. The predicted molar refractivity (Wildman–Crippen MR) is 111 cm³/mol. The van der Waals surface area contributed by atoms with E-state index >= 15 is 0 Å². The van der Waals surface area contributed by atoms with Crippen LogP contribution >= 0.6 is 36.2 Å². The number of benzene rings is 1. The highest BCUT2D eigenvalue weighted by Gasteiger charge is 2.30. The van der Waals surface area contributed by atoms with Crippen molar-refractivity contribution in [1.82, 2.24) is 10.3 Å². The van der Waals surface area contributed by atoms with E-state index in [2.05, 4.69) is 10.3 Å². The summed E-state index contributed by atoms with van der Waals surface area (Å²) in [5.74, 6) is -0.194. The third-order valence-corrected chi connectivity index (χ3v) is 5.42. The number of hydrogen-bond donors (Lipinski definition) is 2. The molecule has 0 atom stereocenters. The number of amides is 1. The second-order valence-electron chi connectivity index (χ2n) is 6.14. The lowest BCUT2D eigenvalue weighted by atomic mass is 9.92. The van der Waals surface area contributed by atoms with Crippen LogP contribution in [0.3, 0.4) is 0 Å². The van der Waals surface area contributed by atoms with Crippen molar-refractivity contribution < 1.29 is 18.0 Å². The smallest absolute Gasteiger partial charge is 0.349 e. The fourth-order valence-electron chi connectivity index (χ4n) is 2.62. The summed E-state index contributed by atoms with van der Waals surface area (Å²) in [6.07, 6.45) is -2.89. The number of hydrogen-bond acceptors (Lipinski definition) is 4. The van der Waals surface area contributed by atoms with Crippen LogP contribution in [0, 0.1) is 0 Å². The number of carbonyl (C=O) groups excluding carboxylic acids is 1. The highest BCUT2D eigenvalue weighted by molar-refractivity contribution is 7.13. The fourth-order valence-corrected chi connectivity index (χ4v) is 3.44. The summed E-state index contributed by atoms with van der Waals surface area (Å²) in [6, 6.07) is 5.01. The van der Waals surface area contributed by atoms with Gasteiger partial charge in [-0.2, -0.15) is 13.2 Å². The quantitative estimate of drug-likeness (QED) is 0.624. The molecule has 1 heterocycles. The summed E-state index contributed by atoms with van der Waals surface area (Å²) >= 11 is 1.22. The first kappa shape index (κ1) is 26.6. The van der Waals surface area contributed by atoms with Gasteiger partial charge in [0.1, 0.15) is 5.01 Å². The molecule has 158 valence electrons. The van der Waals surface area contributed by atoms with Crippen molar-refractivity contribution in [2.75, 3.05) is 6.54 Å². The molecule has 0 saturated heterocycles. The van der Waals surface area contributed by atoms with Crippen LogP contribution in [0.2, 0.25) is 0 Å². The largest absolute Gasteiger partial charge is 0.416 e. The molecule has 1 amide bonds. The maximum Gasteiger partial charge on any atom is 0.416 e. The van der Waals surface area contributed by atoms with Crippen LogP contribution in [-0.4, -0.2) is 23.0 Å². The van der Waals surface area contributed by atoms with E-state index in [1.54, 1.807) is 11.4 Å². The third kappa shape index (κ3) is 6.62. The van der Waals surface area contributed by atoms with Crippen LogP contribution in [0.4, 0.5) is 13.2 Å². The average Bonchev–Trinajstić information content (AvgIpc) is 3.07. The Balaban J connectivity index is 0.00000364. The van der Waals surface area contributed by atoms with Crippen LogP contribution in [0.25, 0.3) is 10.6 Å². The van der Waals surface area contributed by atoms with Gasteiger partial charge in [-0.05, 0) is 25.0 Å². The maximum absolute atomic E-state index is 12.8. The number of carbonyl (C=O) groups is 1. The number of alkyl halides is 3. The van der Waals surface area contributed by atoms with Crippen LogP contribution in [0.15, 0.2) is 29.6 Å². The molecule has 0 unspecified atom stereocenters. The van der Waals surface area contributed by atoms with E-state index in [0.717, 1.165) is 25.0 Å². The molecule has 0 aliphatic heterocycles. The number of rotatable bonds is 7. The highest BCUT2D eigenvalue weighted by atomic mass is 35.5. The van der Waals surface area contributed by atoms with E-state index in [0.29, 0.717) is 22.8 Å². The van der Waals surface area contributed by atoms with Crippen LogP contribution < -0.4 is 11.1 Å². The summed E-state index contributed by atoms with van der Waals surface area (Å²) in [4.78, 5) is 16.6. The van der Waals surface area contributed by atoms with Crippen molar-refractivity contribution in [3.05, 3.63) is 40.9 Å². The number of thiazole rings is 1. The van der Waals surface area contributed by atoms with Gasteiger partial charge in [0.15, 0.2) is 0 Å². The Hall–Kier alpha value is -1.35. The van der Waals surface area contributed by atoms with Crippen molar-refractivity contribution in [3.63, 3.8) is 0 Å². The molecule has 4 nitrogen and oxygen atoms in total. The van der Waals surface area contributed by atoms with Crippen molar-refractivity contribution >= 4 is 42.1 Å². The van der Waals surface area contributed by atoms with E-state index in [1.807, 2.05) is 13.8 Å². The molecule has 1 aromatic carbocycles. The highest BCUT2D eigenvalue weighted by Crippen LogP contribution is 2.33. The Bertz CT molecular complexity index is 756. The number of halogens is 5. The van der Waals surface area contributed by atoms with Crippen LogP contribution in [-0.2, 0) is 17.4 Å². The van der Waals surface area contributed by atoms with Gasteiger partial charge >= 0.3 is 6.18 Å². The fraction of sp³-hybridized carbons (Fsp3) is 0.444. The van der Waals surface area contributed by atoms with Gasteiger partial charge in [0.25, 0.3) is 0 Å². The molecule has 1 aromatic heterocycles. The topological polar surface area (TPSA) is 68.0 Å². The zero-order chi connectivity index (χ0) is 19.4. The lowest BCUT2D eigenvalue weighted by molar-refractivity contribution is -0.137. The number of nitrogens with zero attached hydrogens (tertiary/aromatic N) is 1. The maximum atomic E-state index is 12.8. The Labute approximate surface area is 178 Å². The standard InChI is InChI=1S/C18H22F3N3OS.2ClH/c1-3-17(4-2,11-22)24-15(25)9-14-10-26-16(23-14)12-6-5-7-13(8-12)18(19,20)21;;/h5-8,10H,3-4,9,11,22H2,1-2H3,(H,24,25);2*1H. The minimum Gasteiger partial charge on any atom is -0.349 e. The predicted octanol–water partition coefficient (Wildman–Crippen LogP) is 4.85. The molecule has 0 aliphatic carbocycles. The van der Waals surface area contributed by atoms with Gasteiger partial charge in [0.2, 0.25) is 5.91 Å². The first-order chi connectivity index (χ1) is 12.2. The molecule has 0 saturated carbocycles. The lowest BCUT2D eigenvalue weighted by Gasteiger charge is -2.31. The third-order valence-electron chi connectivity index (χ3n) is 4.48. The van der Waals surface area contributed by atoms with Gasteiger partial charge in [0.05, 0.1) is 23.2 Å². The summed E-state index contributed by atoms with van der Waals surface area (Å²) in [6.45, 7) is 4.27. The molecule has 3 N–H and O–H groups in total. The number of nitrogens with two attached hydrogens (primary N) is 1. The number of aromatic nitrogens is 1. The Morgan fingerprint density at radius 1 is 1.21 bits per heavy atom. The summed E-state index contributed by atoms with van der Waals surface area (Å²) in [7, 11) is 0. The summed E-state index contributed by atoms with van der Waals surface area (Å²) < 4.78 is 38.5. The number of nitrogens with one attached hydrogen (secondary N) is 1. The molecule has 10 heteroatoms. The van der Waals surface area contributed by atoms with Gasteiger partial charge in [-0.1, -0.05) is 26.0 Å². The average molecular weight is 458 g/mol. The molecule has 0 spiro atoms. The zero-order valence-electron chi connectivity index (χ0n) is 15.5. The van der Waals surface area contributed by atoms with E-state index in [1.165, 1.54) is 17.4 Å². The second kappa shape index (κ2) is 11.0.